The molecule has 35 heavy (non-hydrogen) atoms. The van der Waals surface area contributed by atoms with Crippen LogP contribution in [0, 0.1) is 0 Å². The number of hydrogen-bond donors (Lipinski definition) is 2. The Balaban J connectivity index is 1.78. The van der Waals surface area contributed by atoms with Gasteiger partial charge in [0.2, 0.25) is 0 Å². The van der Waals surface area contributed by atoms with Gasteiger partial charge in [-0.3, -0.25) is 28.5 Å². The first-order valence-electron chi connectivity index (χ1n) is 10.3. The molecule has 15 heteroatoms. The van der Waals surface area contributed by atoms with Crippen LogP contribution in [-0.4, -0.2) is 63.1 Å². The number of alkyl halides is 1. The topological polar surface area (TPSA) is 149 Å². The molecule has 1 fully saturated rings. The van der Waals surface area contributed by atoms with Crippen LogP contribution >= 0.6 is 24.1 Å². The van der Waals surface area contributed by atoms with E-state index >= 15 is 4.39 Å². The Bertz CT molecular complexity index is 1190. The average molecular weight is 580 g/mol. The number of methoxy groups -OCH3 is 1. The largest absolute Gasteiger partial charge is 0.468 e. The number of aliphatic hydroxyl groups excluding tert-OH is 1. The summed E-state index contributed by atoms with van der Waals surface area (Å²) in [6, 6.07) is 6.20. The van der Waals surface area contributed by atoms with Gasteiger partial charge in [-0.25, -0.2) is 9.18 Å². The molecule has 2 unspecified atom stereocenters. The number of hydroxylamine groups is 1. The van der Waals surface area contributed by atoms with Crippen LogP contribution < -0.4 is 15.8 Å². The number of ether oxygens (including phenoxy) is 2. The average Bonchev–Trinajstić information content (AvgIpc) is 3.03. The molecule has 6 atom stereocenters. The summed E-state index contributed by atoms with van der Waals surface area (Å²) in [7, 11) is -2.11. The van der Waals surface area contributed by atoms with Crippen molar-refractivity contribution in [3.8, 4) is 5.75 Å². The highest BCUT2D eigenvalue weighted by Crippen LogP contribution is 2.41. The predicted molar refractivity (Wildman–Crippen MR) is 124 cm³/mol. The molecule has 192 valence electrons. The molecule has 2 aromatic rings. The van der Waals surface area contributed by atoms with Crippen molar-refractivity contribution in [2.24, 2.45) is 0 Å². The van der Waals surface area contributed by atoms with E-state index in [0.717, 1.165) is 40.2 Å². The molecule has 3 rings (SSSR count). The summed E-state index contributed by atoms with van der Waals surface area (Å²) >= 11 is 3.27. The Morgan fingerprint density at radius 2 is 2.03 bits per heavy atom. The normalized spacial score (nSPS) is 25.9. The molecule has 1 aromatic heterocycles. The van der Waals surface area contributed by atoms with Gasteiger partial charge >= 0.3 is 19.8 Å². The van der Waals surface area contributed by atoms with Gasteiger partial charge in [0.05, 0.1) is 13.7 Å². The van der Waals surface area contributed by atoms with Gasteiger partial charge in [0.25, 0.3) is 5.56 Å². The lowest BCUT2D eigenvalue weighted by Crippen LogP contribution is -2.44. The van der Waals surface area contributed by atoms with Gasteiger partial charge in [-0.05, 0) is 38.1 Å². The van der Waals surface area contributed by atoms with E-state index in [1.807, 2.05) is 4.98 Å². The highest BCUT2D eigenvalue weighted by atomic mass is 79.9. The molecule has 0 aliphatic carbocycles. The number of carbonyl (C=O) groups is 1. The number of hydrogen-bond acceptors (Lipinski definition) is 9. The van der Waals surface area contributed by atoms with Crippen molar-refractivity contribution >= 4 is 30.1 Å². The molecule has 0 spiro atoms. The lowest BCUT2D eigenvalue weighted by atomic mass is 9.98. The summed E-state index contributed by atoms with van der Waals surface area (Å²) in [6.07, 6.45) is -3.69. The van der Waals surface area contributed by atoms with E-state index in [4.69, 9.17) is 14.1 Å². The summed E-state index contributed by atoms with van der Waals surface area (Å²) in [5, 5.41) is 10.5. The minimum atomic E-state index is -3.24. The van der Waals surface area contributed by atoms with E-state index in [0.29, 0.717) is 0 Å². The third-order valence-electron chi connectivity index (χ3n) is 5.29. The van der Waals surface area contributed by atoms with Crippen molar-refractivity contribution in [2.75, 3.05) is 13.7 Å². The van der Waals surface area contributed by atoms with E-state index < -0.39 is 62.2 Å². The molecule has 1 aliphatic heterocycles. The van der Waals surface area contributed by atoms with Crippen LogP contribution in [-0.2, 0) is 23.7 Å². The number of aliphatic hydroxyl groups is 1. The number of aromatic amines is 1. The second kappa shape index (κ2) is 11.1. The summed E-state index contributed by atoms with van der Waals surface area (Å²) < 4.78 is 45.5. The van der Waals surface area contributed by atoms with Gasteiger partial charge in [0.15, 0.2) is 11.9 Å². The third-order valence-corrected chi connectivity index (χ3v) is 7.11. The zero-order valence-corrected chi connectivity index (χ0v) is 21.4. The van der Waals surface area contributed by atoms with Crippen LogP contribution in [0.2, 0.25) is 0 Å². The van der Waals surface area contributed by atoms with Crippen molar-refractivity contribution in [1.82, 2.24) is 14.4 Å². The van der Waals surface area contributed by atoms with Gasteiger partial charge in [-0.2, -0.15) is 0 Å². The van der Waals surface area contributed by atoms with E-state index in [-0.39, 0.29) is 5.75 Å². The molecule has 1 saturated heterocycles. The van der Waals surface area contributed by atoms with Crippen LogP contribution in [0.1, 0.15) is 20.1 Å². The van der Waals surface area contributed by atoms with Crippen molar-refractivity contribution in [3.05, 3.63) is 61.8 Å². The Morgan fingerprint density at radius 1 is 1.37 bits per heavy atom. The quantitative estimate of drug-likeness (QED) is 0.254. The summed E-state index contributed by atoms with van der Waals surface area (Å²) in [5.74, 6) is -0.558. The van der Waals surface area contributed by atoms with E-state index in [1.165, 1.54) is 6.92 Å². The third kappa shape index (κ3) is 6.08. The maximum atomic E-state index is 15.4. The number of nitrogens with one attached hydrogen (secondary N) is 1. The number of aromatic nitrogens is 2. The SMILES string of the molecule is COC(=O)C(C)N(OC[C@H]1O[C@@H](n2ccc(=O)[nH]c2=O)[C@](C)(F)[C@@H]1O)[PH](=O)Oc1ccc(Br)cc1. The van der Waals surface area contributed by atoms with Crippen LogP contribution in [0.4, 0.5) is 4.39 Å². The van der Waals surface area contributed by atoms with Gasteiger partial charge in [-0.1, -0.05) is 20.8 Å². The first kappa shape index (κ1) is 27.2. The molecule has 2 N–H and O–H groups in total. The zero-order chi connectivity index (χ0) is 25.9. The number of H-pyrrole nitrogens is 1. The fourth-order valence-corrected chi connectivity index (χ4v) is 4.65. The summed E-state index contributed by atoms with van der Waals surface area (Å²) in [5.41, 5.74) is -4.09. The standard InChI is InChI=1S/C20H24BrFN3O9P/c1-11(17(28)31-3)25(35(30)34-13-6-4-12(21)5-7-13)32-10-14-16(27)20(2,22)18(33-14)24-9-8-15(26)23-19(24)29/h4-9,11,14,16,18,27,35H,10H2,1-3H3,(H,23,26,29)/t11?,14-,16-,18-,20-/m1/s1. The number of benzene rings is 1. The van der Waals surface area contributed by atoms with Crippen molar-refractivity contribution in [2.45, 2.75) is 44.0 Å². The van der Waals surface area contributed by atoms with Crippen molar-refractivity contribution in [3.63, 3.8) is 0 Å². The van der Waals surface area contributed by atoms with Crippen LogP contribution in [0.3, 0.4) is 0 Å². The summed E-state index contributed by atoms with van der Waals surface area (Å²) in [6.45, 7) is 1.82. The second-order valence-corrected chi connectivity index (χ2v) is 9.88. The monoisotopic (exact) mass is 579 g/mol. The lowest BCUT2D eigenvalue weighted by molar-refractivity contribution is -0.179. The fourth-order valence-electron chi connectivity index (χ4n) is 3.35. The van der Waals surface area contributed by atoms with E-state index in [1.54, 1.807) is 24.3 Å². The maximum absolute atomic E-state index is 15.4. The Hall–Kier alpha value is -2.35. The Labute approximate surface area is 207 Å². The first-order chi connectivity index (χ1) is 16.4. The number of nitrogens with zero attached hydrogens (tertiary/aromatic N) is 2. The van der Waals surface area contributed by atoms with Gasteiger partial charge < -0.3 is 19.1 Å². The molecule has 1 aromatic carbocycles. The number of rotatable bonds is 9. The fraction of sp³-hybridized carbons (Fsp3) is 0.450. The maximum Gasteiger partial charge on any atom is 0.331 e. The van der Waals surface area contributed by atoms with Gasteiger partial charge in [0.1, 0.15) is 24.0 Å². The predicted octanol–water partition coefficient (Wildman–Crippen LogP) is 1.55. The molecular weight excluding hydrogens is 556 g/mol. The Morgan fingerprint density at radius 3 is 2.63 bits per heavy atom. The minimum absolute atomic E-state index is 0.230. The molecule has 2 heterocycles. The zero-order valence-electron chi connectivity index (χ0n) is 18.8. The molecule has 12 nitrogen and oxygen atoms in total. The highest BCUT2D eigenvalue weighted by Gasteiger charge is 2.55. The van der Waals surface area contributed by atoms with Crippen LogP contribution in [0.15, 0.2) is 50.6 Å². The van der Waals surface area contributed by atoms with Gasteiger partial charge in [-0.15, -0.1) is 0 Å². The first-order valence-corrected chi connectivity index (χ1v) is 12.3. The smallest absolute Gasteiger partial charge is 0.331 e. The number of halogens is 2. The van der Waals surface area contributed by atoms with Crippen molar-refractivity contribution in [1.29, 1.82) is 0 Å². The lowest BCUT2D eigenvalue weighted by Gasteiger charge is -2.27. The molecule has 0 amide bonds. The van der Waals surface area contributed by atoms with E-state index in [2.05, 4.69) is 20.7 Å². The minimum Gasteiger partial charge on any atom is -0.468 e. The second-order valence-electron chi connectivity index (χ2n) is 7.78. The molecule has 0 radical (unpaired) electrons. The number of esters is 1. The Kier molecular flexibility index (Phi) is 8.67. The van der Waals surface area contributed by atoms with E-state index in [9.17, 15) is 24.1 Å². The van der Waals surface area contributed by atoms with Gasteiger partial charge in [0, 0.05) is 16.7 Å². The molecule has 0 bridgehead atoms. The summed E-state index contributed by atoms with van der Waals surface area (Å²) in [4.78, 5) is 43.8. The van der Waals surface area contributed by atoms with Crippen LogP contribution in [0.25, 0.3) is 0 Å². The van der Waals surface area contributed by atoms with Crippen molar-refractivity contribution < 1.29 is 37.7 Å². The van der Waals surface area contributed by atoms with Crippen LogP contribution in [0.5, 0.6) is 5.75 Å². The molecule has 0 saturated carbocycles. The molecular formula is C20H24BrFN3O9P. The number of carbonyl (C=O) groups excluding carboxylic acids is 1. The molecule has 1 aliphatic rings. The highest BCUT2D eigenvalue weighted by molar-refractivity contribution is 9.10.